The number of hydrogen-bond donors (Lipinski definition) is 5. The lowest BCUT2D eigenvalue weighted by molar-refractivity contribution is -0.0668. The molecule has 0 amide bonds. The lowest BCUT2D eigenvalue weighted by Gasteiger charge is -2.26. The molecule has 2 bridgehead atoms. The van der Waals surface area contributed by atoms with Gasteiger partial charge in [0.25, 0.3) is 5.56 Å². The largest absolute Gasteiger partial charge is 0.472 e. The maximum atomic E-state index is 14.9. The summed E-state index contributed by atoms with van der Waals surface area (Å²) in [7, 11) is -9.79. The Morgan fingerprint density at radius 2 is 1.61 bits per heavy atom. The first-order chi connectivity index (χ1) is 21.7. The maximum absolute atomic E-state index is 14.9. The Balaban J connectivity index is 1.21. The van der Waals surface area contributed by atoms with Gasteiger partial charge in [0.05, 0.1) is 31.0 Å². The van der Waals surface area contributed by atoms with Crippen LogP contribution in [-0.4, -0.2) is 81.5 Å². The molecule has 20 nitrogen and oxygen atoms in total. The quantitative estimate of drug-likeness (QED) is 0.183. The third kappa shape index (κ3) is 5.31. The monoisotopic (exact) mass is 687 g/mol. The summed E-state index contributed by atoms with van der Waals surface area (Å²) in [5.41, 5.74) is 10.9. The van der Waals surface area contributed by atoms with E-state index in [4.69, 9.17) is 39.0 Å². The van der Waals surface area contributed by atoms with E-state index in [9.17, 15) is 28.1 Å². The Morgan fingerprint density at radius 1 is 0.935 bits per heavy atom. The summed E-state index contributed by atoms with van der Waals surface area (Å²) in [6.07, 6.45) is -3.66. The molecule has 3 aliphatic rings. The summed E-state index contributed by atoms with van der Waals surface area (Å²) in [6, 6.07) is 0. The zero-order valence-corrected chi connectivity index (χ0v) is 25.7. The highest BCUT2D eigenvalue weighted by Crippen LogP contribution is 2.55. The van der Waals surface area contributed by atoms with E-state index >= 15 is 0 Å². The number of nitrogens with two attached hydrogens (primary N) is 2. The van der Waals surface area contributed by atoms with Gasteiger partial charge in [-0.2, -0.15) is 4.98 Å². The van der Waals surface area contributed by atoms with Crippen LogP contribution >= 0.6 is 15.6 Å². The average Bonchev–Trinajstić information content (AvgIpc) is 3.71. The van der Waals surface area contributed by atoms with E-state index in [0.717, 1.165) is 12.5 Å². The average molecular weight is 687 g/mol. The van der Waals surface area contributed by atoms with Crippen molar-refractivity contribution < 1.29 is 50.9 Å². The number of nitrogen functional groups attached to an aromatic ring is 2. The Kier molecular flexibility index (Phi) is 7.55. The van der Waals surface area contributed by atoms with E-state index in [2.05, 4.69) is 24.9 Å². The molecule has 7 N–H and O–H groups in total. The highest BCUT2D eigenvalue weighted by Gasteiger charge is 2.52. The van der Waals surface area contributed by atoms with Gasteiger partial charge in [-0.15, -0.1) is 0 Å². The van der Waals surface area contributed by atoms with Crippen molar-refractivity contribution in [1.82, 2.24) is 34.1 Å². The molecule has 7 rings (SSSR count). The fraction of sp³-hybridized carbons (Fsp3) is 0.522. The van der Waals surface area contributed by atoms with Gasteiger partial charge < -0.3 is 35.3 Å². The minimum Gasteiger partial charge on any atom is -0.383 e. The number of phosphoric acid groups is 2. The molecule has 2 unspecified atom stereocenters. The van der Waals surface area contributed by atoms with Crippen LogP contribution in [-0.2, 0) is 36.7 Å². The van der Waals surface area contributed by atoms with Crippen LogP contribution in [0.15, 0.2) is 23.6 Å². The summed E-state index contributed by atoms with van der Waals surface area (Å²) in [6.45, 7) is 1.99. The number of imidazole rings is 1. The van der Waals surface area contributed by atoms with Gasteiger partial charge in [0, 0.05) is 18.0 Å². The number of aromatic amines is 1. The van der Waals surface area contributed by atoms with E-state index in [1.165, 1.54) is 15.5 Å². The Labute approximate surface area is 257 Å². The van der Waals surface area contributed by atoms with Crippen molar-refractivity contribution in [2.45, 2.75) is 50.7 Å². The van der Waals surface area contributed by atoms with Crippen LogP contribution in [0.1, 0.15) is 26.3 Å². The Morgan fingerprint density at radius 3 is 2.35 bits per heavy atom. The molecule has 248 valence electrons. The molecule has 0 spiro atoms. The minimum absolute atomic E-state index is 0.0113. The number of nitrogens with zero attached hydrogens (tertiary/aromatic N) is 6. The van der Waals surface area contributed by atoms with Crippen molar-refractivity contribution in [3.8, 4) is 0 Å². The first kappa shape index (κ1) is 31.3. The number of ether oxygens (including phenoxy) is 2. The second-order valence-corrected chi connectivity index (χ2v) is 13.9. The summed E-state index contributed by atoms with van der Waals surface area (Å²) in [4.78, 5) is 52.3. The van der Waals surface area contributed by atoms with Crippen LogP contribution in [0.25, 0.3) is 22.2 Å². The van der Waals surface area contributed by atoms with E-state index < -0.39 is 88.9 Å². The number of nitrogens with one attached hydrogen (secondary N) is 1. The molecular formula is C23H28FN9O11P2. The fourth-order valence-corrected chi connectivity index (χ4v) is 8.03. The lowest BCUT2D eigenvalue weighted by atomic mass is 10.0. The van der Waals surface area contributed by atoms with Crippen molar-refractivity contribution in [2.75, 3.05) is 24.7 Å². The van der Waals surface area contributed by atoms with Crippen molar-refractivity contribution in [3.63, 3.8) is 0 Å². The third-order valence-electron chi connectivity index (χ3n) is 8.25. The standard InChI is InChI=1S/C23H28FN9O11P2/c1-8-11-4-39-45(35,36)43-15-9(2)21(32-3-10(24)13-17(25)27-6-28-18(13)32)42-12(15)5-40-46(37,38)44-16(8)22(41-11)33-7-29-14-19(33)30-23(26)31-20(14)34/h3,6-9,11-12,15-16,21-22H,4-5H2,1-2H3,(H,35,36)(H,37,38)(H2,25,27,28)(H3,26,30,31,34)/t8-,9-,11-,12-,15+,16-,21-,22-/m1/s1. The molecule has 4 aromatic rings. The van der Waals surface area contributed by atoms with E-state index in [1.807, 2.05) is 0 Å². The first-order valence-electron chi connectivity index (χ1n) is 13.8. The van der Waals surface area contributed by atoms with Gasteiger partial charge in [0.1, 0.15) is 36.7 Å². The molecule has 3 fully saturated rings. The van der Waals surface area contributed by atoms with Gasteiger partial charge in [-0.05, 0) is 0 Å². The molecule has 0 aliphatic carbocycles. The maximum Gasteiger partial charge on any atom is 0.472 e. The van der Waals surface area contributed by atoms with Crippen molar-refractivity contribution in [2.24, 2.45) is 11.8 Å². The van der Waals surface area contributed by atoms with Gasteiger partial charge in [-0.1, -0.05) is 13.8 Å². The molecule has 0 radical (unpaired) electrons. The summed E-state index contributed by atoms with van der Waals surface area (Å²) in [5, 5.41) is -0.0608. The molecule has 4 aromatic heterocycles. The number of H-pyrrole nitrogens is 1. The summed E-state index contributed by atoms with van der Waals surface area (Å²) in [5.74, 6) is -2.61. The highest BCUT2D eigenvalue weighted by molar-refractivity contribution is 7.47. The number of fused-ring (bicyclic) bond motifs is 5. The zero-order valence-electron chi connectivity index (χ0n) is 23.9. The lowest BCUT2D eigenvalue weighted by Crippen LogP contribution is -2.32. The first-order valence-corrected chi connectivity index (χ1v) is 16.8. The number of anilines is 2. The number of rotatable bonds is 2. The zero-order chi connectivity index (χ0) is 32.7. The molecule has 3 saturated heterocycles. The van der Waals surface area contributed by atoms with Gasteiger partial charge in [0.2, 0.25) is 5.95 Å². The highest BCUT2D eigenvalue weighted by atomic mass is 31.2. The topological polar surface area (TPSA) is 276 Å². The predicted octanol–water partition coefficient (Wildman–Crippen LogP) is 0.953. The smallest absolute Gasteiger partial charge is 0.383 e. The molecular weight excluding hydrogens is 659 g/mol. The number of aromatic nitrogens is 7. The second-order valence-electron chi connectivity index (χ2n) is 11.1. The Bertz CT molecular complexity index is 1990. The van der Waals surface area contributed by atoms with Crippen molar-refractivity contribution in [3.05, 3.63) is 35.0 Å². The van der Waals surface area contributed by atoms with Crippen molar-refractivity contribution >= 4 is 49.6 Å². The number of phosphoric ester groups is 2. The van der Waals surface area contributed by atoms with Gasteiger partial charge in [0.15, 0.2) is 28.9 Å². The molecule has 0 aromatic carbocycles. The van der Waals surface area contributed by atoms with Crippen LogP contribution in [0.5, 0.6) is 0 Å². The van der Waals surface area contributed by atoms with Crippen LogP contribution in [0, 0.1) is 17.7 Å². The van der Waals surface area contributed by atoms with Gasteiger partial charge in [-0.25, -0.2) is 28.5 Å². The normalized spacial score (nSPS) is 37.2. The van der Waals surface area contributed by atoms with Gasteiger partial charge in [-0.3, -0.25) is 32.4 Å². The van der Waals surface area contributed by atoms with Crippen LogP contribution in [0.4, 0.5) is 16.2 Å². The van der Waals surface area contributed by atoms with Crippen LogP contribution < -0.4 is 17.0 Å². The molecule has 7 heterocycles. The van der Waals surface area contributed by atoms with Gasteiger partial charge >= 0.3 is 15.6 Å². The van der Waals surface area contributed by atoms with Crippen LogP contribution in [0.2, 0.25) is 0 Å². The van der Waals surface area contributed by atoms with Crippen LogP contribution in [0.3, 0.4) is 0 Å². The second kappa shape index (κ2) is 11.1. The third-order valence-corrected chi connectivity index (χ3v) is 10.2. The molecule has 3 aliphatic heterocycles. The summed E-state index contributed by atoms with van der Waals surface area (Å²) >= 11 is 0. The molecule has 0 saturated carbocycles. The van der Waals surface area contributed by atoms with E-state index in [-0.39, 0.29) is 34.0 Å². The number of hydrogen-bond acceptors (Lipinski definition) is 15. The number of halogens is 1. The summed E-state index contributed by atoms with van der Waals surface area (Å²) < 4.78 is 78.0. The Hall–Kier alpha value is -3.36. The van der Waals surface area contributed by atoms with E-state index in [0.29, 0.717) is 0 Å². The van der Waals surface area contributed by atoms with E-state index in [1.54, 1.807) is 13.8 Å². The molecule has 10 atom stereocenters. The van der Waals surface area contributed by atoms with Crippen molar-refractivity contribution in [1.29, 1.82) is 0 Å². The predicted molar refractivity (Wildman–Crippen MR) is 152 cm³/mol. The molecule has 23 heteroatoms. The minimum atomic E-state index is -4.93. The SMILES string of the molecule is C[C@@H]1[C@@H]2OP(=O)(O)OC[C@H]3O[C@@H](n4cnc5c(=O)[nH]c(N)nc54)[C@H](OP(=O)(O)OC[C@H]2O[C@H]1n1cc(F)c2c(N)ncnc21)[C@@H]3C. The molecule has 46 heavy (non-hydrogen) atoms. The fourth-order valence-electron chi connectivity index (χ4n) is 6.00.